The molecule has 1 aliphatic heterocycles. The molecular formula is C23H27N3O8S2. The molecule has 1 fully saturated rings. The fourth-order valence-electron chi connectivity index (χ4n) is 3.67. The highest BCUT2D eigenvalue weighted by molar-refractivity contribution is 7.91. The number of nitrogens with zero attached hydrogens (tertiary/aromatic N) is 2. The topological polar surface area (TPSA) is 147 Å². The average molecular weight is 538 g/mol. The molecule has 13 heteroatoms. The molecule has 0 unspecified atom stereocenters. The lowest BCUT2D eigenvalue weighted by atomic mass is 10.2. The summed E-state index contributed by atoms with van der Waals surface area (Å²) < 4.78 is 52.9. The van der Waals surface area contributed by atoms with Crippen molar-refractivity contribution in [2.45, 2.75) is 16.2 Å². The van der Waals surface area contributed by atoms with Crippen LogP contribution >= 0.6 is 0 Å². The zero-order valence-electron chi connectivity index (χ0n) is 20.1. The van der Waals surface area contributed by atoms with Crippen LogP contribution in [0.5, 0.6) is 0 Å². The Morgan fingerprint density at radius 1 is 0.806 bits per heavy atom. The molecule has 36 heavy (non-hydrogen) atoms. The standard InChI is InChI=1S/C23H27N3O8S2/c1-34-22(28)16-6-4-7-18(12-16)24-23(29)26-9-5-8-25(10-11-26)21(27)17-13-19(35(2,30)31)15-20(14-17)36(3,32)33/h4,6-7,12-15H,5,8-11H2,1-3H3,(H,24,29). The van der Waals surface area contributed by atoms with Gasteiger partial charge in [-0.3, -0.25) is 4.79 Å². The van der Waals surface area contributed by atoms with Crippen LogP contribution in [0.4, 0.5) is 10.5 Å². The van der Waals surface area contributed by atoms with Crippen molar-refractivity contribution < 1.29 is 36.0 Å². The van der Waals surface area contributed by atoms with Crippen LogP contribution < -0.4 is 5.32 Å². The van der Waals surface area contributed by atoms with Crippen molar-refractivity contribution in [3.63, 3.8) is 0 Å². The van der Waals surface area contributed by atoms with Crippen molar-refractivity contribution in [1.82, 2.24) is 9.80 Å². The highest BCUT2D eigenvalue weighted by atomic mass is 32.2. The molecule has 1 heterocycles. The van der Waals surface area contributed by atoms with E-state index in [9.17, 15) is 31.2 Å². The Kier molecular flexibility index (Phi) is 8.04. The maximum absolute atomic E-state index is 13.2. The molecule has 11 nitrogen and oxygen atoms in total. The molecule has 0 radical (unpaired) electrons. The van der Waals surface area contributed by atoms with Crippen LogP contribution in [0.2, 0.25) is 0 Å². The second-order valence-corrected chi connectivity index (χ2v) is 12.4. The van der Waals surface area contributed by atoms with E-state index in [1.54, 1.807) is 18.2 Å². The Morgan fingerprint density at radius 3 is 1.97 bits per heavy atom. The molecule has 3 rings (SSSR count). The summed E-state index contributed by atoms with van der Waals surface area (Å²) in [6, 6.07) is 9.24. The lowest BCUT2D eigenvalue weighted by molar-refractivity contribution is 0.0600. The molecule has 2 aromatic rings. The maximum atomic E-state index is 13.2. The summed E-state index contributed by atoms with van der Waals surface area (Å²) in [5.74, 6) is -1.06. The summed E-state index contributed by atoms with van der Waals surface area (Å²) in [6.07, 6.45) is 2.32. The molecule has 3 amide bonds. The lowest BCUT2D eigenvalue weighted by Gasteiger charge is -2.23. The average Bonchev–Trinajstić information content (AvgIpc) is 3.08. The van der Waals surface area contributed by atoms with Gasteiger partial charge in [0.2, 0.25) is 0 Å². The number of amides is 3. The van der Waals surface area contributed by atoms with E-state index >= 15 is 0 Å². The van der Waals surface area contributed by atoms with Gasteiger partial charge in [-0.05, 0) is 42.8 Å². The summed E-state index contributed by atoms with van der Waals surface area (Å²) in [5.41, 5.74) is 0.634. The number of urea groups is 1. The Hall–Kier alpha value is -3.45. The van der Waals surface area contributed by atoms with Crippen molar-refractivity contribution in [1.29, 1.82) is 0 Å². The van der Waals surface area contributed by atoms with Gasteiger partial charge in [0.25, 0.3) is 5.91 Å². The van der Waals surface area contributed by atoms with Crippen LogP contribution in [0.15, 0.2) is 52.3 Å². The first-order valence-electron chi connectivity index (χ1n) is 10.9. The third-order valence-electron chi connectivity index (χ3n) is 5.59. The number of rotatable bonds is 5. The number of benzene rings is 2. The first kappa shape index (κ1) is 27.1. The molecule has 0 bridgehead atoms. The van der Waals surface area contributed by atoms with E-state index in [1.165, 1.54) is 23.0 Å². The van der Waals surface area contributed by atoms with Crippen LogP contribution in [-0.2, 0) is 24.4 Å². The fraction of sp³-hybridized carbons (Fsp3) is 0.348. The molecule has 1 saturated heterocycles. The number of sulfone groups is 2. The van der Waals surface area contributed by atoms with E-state index in [0.29, 0.717) is 18.7 Å². The highest BCUT2D eigenvalue weighted by Gasteiger charge is 2.25. The minimum absolute atomic E-state index is 0.0594. The van der Waals surface area contributed by atoms with E-state index < -0.39 is 37.6 Å². The van der Waals surface area contributed by atoms with Gasteiger partial charge in [0.05, 0.1) is 22.5 Å². The van der Waals surface area contributed by atoms with Gasteiger partial charge in [-0.2, -0.15) is 0 Å². The molecule has 194 valence electrons. The van der Waals surface area contributed by atoms with Crippen LogP contribution in [0, 0.1) is 0 Å². The van der Waals surface area contributed by atoms with Gasteiger partial charge in [-0.15, -0.1) is 0 Å². The van der Waals surface area contributed by atoms with Crippen molar-refractivity contribution >= 4 is 43.3 Å². The minimum Gasteiger partial charge on any atom is -0.465 e. The number of methoxy groups -OCH3 is 1. The third-order valence-corrected chi connectivity index (χ3v) is 7.77. The van der Waals surface area contributed by atoms with Gasteiger partial charge >= 0.3 is 12.0 Å². The second-order valence-electron chi connectivity index (χ2n) is 8.37. The Labute approximate surface area is 209 Å². The van der Waals surface area contributed by atoms with E-state index in [2.05, 4.69) is 10.1 Å². The highest BCUT2D eigenvalue weighted by Crippen LogP contribution is 2.21. The second kappa shape index (κ2) is 10.7. The van der Waals surface area contributed by atoms with Gasteiger partial charge in [-0.1, -0.05) is 6.07 Å². The number of anilines is 1. The Balaban J connectivity index is 1.75. The van der Waals surface area contributed by atoms with Crippen molar-refractivity contribution in [2.24, 2.45) is 0 Å². The Morgan fingerprint density at radius 2 is 1.39 bits per heavy atom. The number of carbonyl (C=O) groups is 3. The monoisotopic (exact) mass is 537 g/mol. The van der Waals surface area contributed by atoms with Crippen molar-refractivity contribution in [3.05, 3.63) is 53.6 Å². The minimum atomic E-state index is -3.76. The molecule has 0 atom stereocenters. The lowest BCUT2D eigenvalue weighted by Crippen LogP contribution is -2.39. The number of ether oxygens (including phenoxy) is 1. The summed E-state index contributed by atoms with van der Waals surface area (Å²) in [5, 5.41) is 2.73. The van der Waals surface area contributed by atoms with Gasteiger partial charge in [0, 0.05) is 49.9 Å². The first-order valence-corrected chi connectivity index (χ1v) is 14.7. The summed E-state index contributed by atoms with van der Waals surface area (Å²) in [7, 11) is -6.27. The largest absolute Gasteiger partial charge is 0.465 e. The quantitative estimate of drug-likeness (QED) is 0.567. The molecule has 0 spiro atoms. The molecule has 0 aliphatic carbocycles. The number of nitrogens with one attached hydrogen (secondary N) is 1. The third kappa shape index (κ3) is 6.61. The molecule has 1 aliphatic rings. The Bertz CT molecular complexity index is 1350. The maximum Gasteiger partial charge on any atom is 0.337 e. The van der Waals surface area contributed by atoms with Crippen LogP contribution in [0.25, 0.3) is 0 Å². The number of carbonyl (C=O) groups excluding carboxylic acids is 3. The molecule has 2 aromatic carbocycles. The van der Waals surface area contributed by atoms with E-state index in [4.69, 9.17) is 0 Å². The van der Waals surface area contributed by atoms with Gasteiger partial charge in [0.1, 0.15) is 0 Å². The van der Waals surface area contributed by atoms with E-state index in [0.717, 1.165) is 30.7 Å². The molecule has 1 N–H and O–H groups in total. The predicted molar refractivity (Wildman–Crippen MR) is 132 cm³/mol. The van der Waals surface area contributed by atoms with Crippen LogP contribution in [-0.4, -0.2) is 90.3 Å². The van der Waals surface area contributed by atoms with Crippen LogP contribution in [0.3, 0.4) is 0 Å². The number of esters is 1. The first-order chi connectivity index (χ1) is 16.8. The number of hydrogen-bond acceptors (Lipinski definition) is 8. The van der Waals surface area contributed by atoms with E-state index in [-0.39, 0.29) is 40.6 Å². The van der Waals surface area contributed by atoms with Gasteiger partial charge < -0.3 is 19.9 Å². The van der Waals surface area contributed by atoms with Crippen LogP contribution in [0.1, 0.15) is 27.1 Å². The van der Waals surface area contributed by atoms with Crippen molar-refractivity contribution in [2.75, 3.05) is 51.1 Å². The normalized spacial score (nSPS) is 14.6. The van der Waals surface area contributed by atoms with Crippen molar-refractivity contribution in [3.8, 4) is 0 Å². The predicted octanol–water partition coefficient (Wildman–Crippen LogP) is 1.66. The SMILES string of the molecule is COC(=O)c1cccc(NC(=O)N2CCCN(C(=O)c3cc(S(C)(=O)=O)cc(S(C)(=O)=O)c3)CC2)c1. The molecule has 0 saturated carbocycles. The summed E-state index contributed by atoms with van der Waals surface area (Å²) in [4.78, 5) is 40.1. The molecule has 0 aromatic heterocycles. The fourth-order valence-corrected chi connectivity index (χ4v) is 5.11. The van der Waals surface area contributed by atoms with Gasteiger partial charge in [-0.25, -0.2) is 26.4 Å². The van der Waals surface area contributed by atoms with E-state index in [1.807, 2.05) is 0 Å². The smallest absolute Gasteiger partial charge is 0.337 e. The summed E-state index contributed by atoms with van der Waals surface area (Å²) >= 11 is 0. The number of hydrogen-bond donors (Lipinski definition) is 1. The summed E-state index contributed by atoms with van der Waals surface area (Å²) in [6.45, 7) is 0.993. The zero-order chi connectivity index (χ0) is 26.7. The molecular weight excluding hydrogens is 510 g/mol. The van der Waals surface area contributed by atoms with Gasteiger partial charge in [0.15, 0.2) is 19.7 Å². The zero-order valence-corrected chi connectivity index (χ0v) is 21.7.